The zero-order chi connectivity index (χ0) is 22.8. The molecular weight excluding hydrogens is 456 g/mol. The lowest BCUT2D eigenvalue weighted by molar-refractivity contribution is 0.0628. The number of benzene rings is 1. The molecule has 1 saturated heterocycles. The molecule has 1 aromatic carbocycles. The van der Waals surface area contributed by atoms with Crippen LogP contribution in [0.15, 0.2) is 65.1 Å². The van der Waals surface area contributed by atoms with E-state index in [1.165, 1.54) is 15.2 Å². The van der Waals surface area contributed by atoms with Gasteiger partial charge in [0.2, 0.25) is 10.0 Å². The second-order valence-electron chi connectivity index (χ2n) is 8.42. The molecular formula is C24H26N4O3S2. The predicted molar refractivity (Wildman–Crippen MR) is 127 cm³/mol. The molecule has 0 aliphatic carbocycles. The molecule has 2 aliphatic heterocycles. The number of thiophene rings is 1. The topological polar surface area (TPSA) is 73.8 Å². The molecule has 7 nitrogen and oxygen atoms in total. The van der Waals surface area contributed by atoms with Crippen molar-refractivity contribution in [3.05, 3.63) is 81.8 Å². The number of pyridine rings is 1. The van der Waals surface area contributed by atoms with Crippen molar-refractivity contribution < 1.29 is 13.2 Å². The Hall–Kier alpha value is -2.59. The van der Waals surface area contributed by atoms with Crippen LogP contribution in [-0.4, -0.2) is 66.1 Å². The van der Waals surface area contributed by atoms with Gasteiger partial charge in [0.05, 0.1) is 4.90 Å². The van der Waals surface area contributed by atoms with Crippen LogP contribution in [0, 0.1) is 0 Å². The van der Waals surface area contributed by atoms with E-state index in [4.69, 9.17) is 0 Å². The van der Waals surface area contributed by atoms with Crippen molar-refractivity contribution in [2.45, 2.75) is 24.4 Å². The van der Waals surface area contributed by atoms with Gasteiger partial charge in [0.15, 0.2) is 0 Å². The van der Waals surface area contributed by atoms with Crippen LogP contribution in [0.25, 0.3) is 0 Å². The predicted octanol–water partition coefficient (Wildman–Crippen LogP) is 2.85. The Morgan fingerprint density at radius 1 is 1.03 bits per heavy atom. The normalized spacial score (nSPS) is 17.6. The van der Waals surface area contributed by atoms with E-state index in [9.17, 15) is 13.2 Å². The van der Waals surface area contributed by atoms with Crippen LogP contribution in [-0.2, 0) is 29.5 Å². The van der Waals surface area contributed by atoms with Gasteiger partial charge in [-0.05, 0) is 53.3 Å². The maximum Gasteiger partial charge on any atom is 0.253 e. The Balaban J connectivity index is 1.25. The number of hydrogen-bond donors (Lipinski definition) is 0. The first-order chi connectivity index (χ1) is 16.0. The molecule has 1 fully saturated rings. The monoisotopic (exact) mass is 482 g/mol. The van der Waals surface area contributed by atoms with Gasteiger partial charge in [-0.25, -0.2) is 8.42 Å². The van der Waals surface area contributed by atoms with E-state index in [2.05, 4.69) is 16.0 Å². The largest absolute Gasteiger partial charge is 0.336 e. The number of piperazine rings is 1. The molecule has 9 heteroatoms. The van der Waals surface area contributed by atoms with E-state index >= 15 is 0 Å². The molecule has 0 saturated carbocycles. The van der Waals surface area contributed by atoms with Crippen molar-refractivity contribution in [3.63, 3.8) is 0 Å². The number of aromatic nitrogens is 1. The molecule has 0 N–H and O–H groups in total. The van der Waals surface area contributed by atoms with E-state index in [0.29, 0.717) is 31.7 Å². The highest BCUT2D eigenvalue weighted by Crippen LogP contribution is 2.28. The number of amides is 1. The van der Waals surface area contributed by atoms with Crippen LogP contribution >= 0.6 is 11.3 Å². The summed E-state index contributed by atoms with van der Waals surface area (Å²) in [6.07, 6.45) is 4.36. The maximum absolute atomic E-state index is 13.3. The fourth-order valence-corrected chi connectivity index (χ4v) is 6.76. The molecule has 2 aromatic heterocycles. The fourth-order valence-electron chi connectivity index (χ4n) is 4.41. The Labute approximate surface area is 198 Å². The number of nitrogens with zero attached hydrogens (tertiary/aromatic N) is 4. The zero-order valence-corrected chi connectivity index (χ0v) is 19.9. The maximum atomic E-state index is 13.3. The third-order valence-corrected chi connectivity index (χ3v) is 9.14. The van der Waals surface area contributed by atoms with Crippen molar-refractivity contribution in [3.8, 4) is 0 Å². The summed E-state index contributed by atoms with van der Waals surface area (Å²) in [5, 5.41) is 2.01. The molecule has 2 aliphatic rings. The minimum atomic E-state index is -3.66. The van der Waals surface area contributed by atoms with Gasteiger partial charge < -0.3 is 4.90 Å². The lowest BCUT2D eigenvalue weighted by Crippen LogP contribution is -2.48. The summed E-state index contributed by atoms with van der Waals surface area (Å²) >= 11 is 1.68. The molecule has 0 radical (unpaired) electrons. The van der Waals surface area contributed by atoms with Crippen molar-refractivity contribution in [2.24, 2.45) is 0 Å². The third-order valence-electron chi connectivity index (χ3n) is 6.28. The second kappa shape index (κ2) is 9.34. The molecule has 172 valence electrons. The first kappa shape index (κ1) is 22.2. The lowest BCUT2D eigenvalue weighted by atomic mass is 10.1. The fraction of sp³-hybridized carbons (Fsp3) is 0.333. The summed E-state index contributed by atoms with van der Waals surface area (Å²) < 4.78 is 28.1. The number of rotatable bonds is 5. The third kappa shape index (κ3) is 4.72. The number of fused-ring (bicyclic) bond motifs is 1. The van der Waals surface area contributed by atoms with E-state index in [1.54, 1.807) is 35.7 Å². The SMILES string of the molecule is O=C(c1cccc(S(=O)(=O)N2CCc3sccc3C2)c1)N1CCN(Cc2cccnc2)CC1. The van der Waals surface area contributed by atoms with Crippen molar-refractivity contribution in [1.29, 1.82) is 0 Å². The summed E-state index contributed by atoms with van der Waals surface area (Å²) in [5.41, 5.74) is 2.65. The van der Waals surface area contributed by atoms with Gasteiger partial charge in [-0.2, -0.15) is 4.31 Å². The molecule has 0 bridgehead atoms. The molecule has 33 heavy (non-hydrogen) atoms. The first-order valence-electron chi connectivity index (χ1n) is 11.1. The average Bonchev–Trinajstić information content (AvgIpc) is 3.33. The highest BCUT2D eigenvalue weighted by molar-refractivity contribution is 7.89. The van der Waals surface area contributed by atoms with Gasteiger partial charge in [-0.3, -0.25) is 14.7 Å². The number of carbonyl (C=O) groups excluding carboxylic acids is 1. The van der Waals surface area contributed by atoms with Crippen LogP contribution in [0.2, 0.25) is 0 Å². The second-order valence-corrected chi connectivity index (χ2v) is 11.4. The van der Waals surface area contributed by atoms with Crippen LogP contribution in [0.4, 0.5) is 0 Å². The Morgan fingerprint density at radius 3 is 2.67 bits per heavy atom. The van der Waals surface area contributed by atoms with Gasteiger partial charge >= 0.3 is 0 Å². The smallest absolute Gasteiger partial charge is 0.253 e. The summed E-state index contributed by atoms with van der Waals surface area (Å²) in [6.45, 7) is 4.44. The van der Waals surface area contributed by atoms with Gasteiger partial charge in [0.25, 0.3) is 5.91 Å². The Kier molecular flexibility index (Phi) is 6.29. The van der Waals surface area contributed by atoms with E-state index in [0.717, 1.165) is 37.2 Å². The summed E-state index contributed by atoms with van der Waals surface area (Å²) in [5.74, 6) is -0.119. The van der Waals surface area contributed by atoms with Crippen molar-refractivity contribution in [1.82, 2.24) is 19.1 Å². The number of carbonyl (C=O) groups is 1. The number of sulfonamides is 1. The summed E-state index contributed by atoms with van der Waals surface area (Å²) in [6, 6.07) is 12.5. The molecule has 4 heterocycles. The summed E-state index contributed by atoms with van der Waals surface area (Å²) in [4.78, 5) is 22.9. The lowest BCUT2D eigenvalue weighted by Gasteiger charge is -2.34. The van der Waals surface area contributed by atoms with Gasteiger partial charge in [0, 0.05) is 68.6 Å². The molecule has 3 aromatic rings. The van der Waals surface area contributed by atoms with Crippen LogP contribution in [0.5, 0.6) is 0 Å². The Morgan fingerprint density at radius 2 is 1.88 bits per heavy atom. The molecule has 5 rings (SSSR count). The zero-order valence-electron chi connectivity index (χ0n) is 18.3. The minimum absolute atomic E-state index is 0.119. The Bertz CT molecular complexity index is 1240. The highest BCUT2D eigenvalue weighted by atomic mass is 32.2. The molecule has 0 unspecified atom stereocenters. The standard InChI is InChI=1S/C24H26N4O3S2/c29-24(27-12-10-26(11-13-27)17-19-3-2-8-25-16-19)20-4-1-5-22(15-20)33(30,31)28-9-6-23-21(18-28)7-14-32-23/h1-5,7-8,14-16H,6,9-13,17-18H2. The van der Waals surface area contributed by atoms with Gasteiger partial charge in [0.1, 0.15) is 0 Å². The van der Waals surface area contributed by atoms with Gasteiger partial charge in [-0.15, -0.1) is 11.3 Å². The van der Waals surface area contributed by atoms with E-state index in [1.807, 2.05) is 28.6 Å². The highest BCUT2D eigenvalue weighted by Gasteiger charge is 2.30. The number of hydrogen-bond acceptors (Lipinski definition) is 6. The van der Waals surface area contributed by atoms with Crippen LogP contribution < -0.4 is 0 Å². The molecule has 0 spiro atoms. The van der Waals surface area contributed by atoms with Crippen molar-refractivity contribution >= 4 is 27.3 Å². The summed E-state index contributed by atoms with van der Waals surface area (Å²) in [7, 11) is -3.66. The van der Waals surface area contributed by atoms with Crippen molar-refractivity contribution in [2.75, 3.05) is 32.7 Å². The quantitative estimate of drug-likeness (QED) is 0.559. The minimum Gasteiger partial charge on any atom is -0.336 e. The van der Waals surface area contributed by atoms with Gasteiger partial charge in [-0.1, -0.05) is 12.1 Å². The van der Waals surface area contributed by atoms with Crippen LogP contribution in [0.1, 0.15) is 26.4 Å². The first-order valence-corrected chi connectivity index (χ1v) is 13.4. The molecule has 1 amide bonds. The van der Waals surface area contributed by atoms with E-state index < -0.39 is 10.0 Å². The average molecular weight is 483 g/mol. The van der Waals surface area contributed by atoms with Crippen LogP contribution in [0.3, 0.4) is 0 Å². The van der Waals surface area contributed by atoms with E-state index in [-0.39, 0.29) is 10.8 Å². The molecule has 0 atom stereocenters.